The van der Waals surface area contributed by atoms with Crippen LogP contribution in [0.4, 0.5) is 0 Å². The summed E-state index contributed by atoms with van der Waals surface area (Å²) in [6.45, 7) is 6.41. The Morgan fingerprint density at radius 1 is 1.30 bits per heavy atom. The first kappa shape index (κ1) is 17.3. The molecule has 1 rings (SSSR count). The van der Waals surface area contributed by atoms with E-state index in [1.165, 1.54) is 0 Å². The molecule has 0 fully saturated rings. The summed E-state index contributed by atoms with van der Waals surface area (Å²) >= 11 is 12.0. The Bertz CT molecular complexity index is 463. The second-order valence-electron chi connectivity index (χ2n) is 5.46. The van der Waals surface area contributed by atoms with E-state index in [1.807, 2.05) is 13.0 Å². The van der Waals surface area contributed by atoms with Crippen LogP contribution in [-0.2, 0) is 4.79 Å². The predicted molar refractivity (Wildman–Crippen MR) is 85.0 cm³/mol. The lowest BCUT2D eigenvalue weighted by Gasteiger charge is -2.21. The highest BCUT2D eigenvalue weighted by molar-refractivity contribution is 6.35. The first-order valence-electron chi connectivity index (χ1n) is 6.80. The first-order valence-corrected chi connectivity index (χ1v) is 7.56. The molecule has 2 atom stereocenters. The molecule has 3 N–H and O–H groups in total. The molecule has 0 unspecified atom stereocenters. The number of nitrogens with two attached hydrogens (primary N) is 1. The normalized spacial score (nSPS) is 14.2. The second kappa shape index (κ2) is 7.87. The maximum absolute atomic E-state index is 12.2. The zero-order chi connectivity index (χ0) is 15.3. The average Bonchev–Trinajstić information content (AvgIpc) is 2.35. The molecule has 5 heteroatoms. The number of carbonyl (C=O) groups is 1. The topological polar surface area (TPSA) is 55.1 Å². The SMILES string of the molecule is CC(C)C[C@@H](CN)C(=O)N[C@@H](C)c1ccc(Cl)cc1Cl. The van der Waals surface area contributed by atoms with Gasteiger partial charge in [0.1, 0.15) is 0 Å². The van der Waals surface area contributed by atoms with Gasteiger partial charge in [0.05, 0.1) is 12.0 Å². The van der Waals surface area contributed by atoms with Crippen molar-refractivity contribution < 1.29 is 4.79 Å². The van der Waals surface area contributed by atoms with Crippen LogP contribution in [0.25, 0.3) is 0 Å². The zero-order valence-electron chi connectivity index (χ0n) is 12.1. The van der Waals surface area contributed by atoms with Gasteiger partial charge in [-0.15, -0.1) is 0 Å². The summed E-state index contributed by atoms with van der Waals surface area (Å²) in [7, 11) is 0. The average molecular weight is 317 g/mol. The highest BCUT2D eigenvalue weighted by atomic mass is 35.5. The second-order valence-corrected chi connectivity index (χ2v) is 6.30. The minimum Gasteiger partial charge on any atom is -0.349 e. The van der Waals surface area contributed by atoms with E-state index in [0.717, 1.165) is 12.0 Å². The molecule has 0 bridgehead atoms. The standard InChI is InChI=1S/C15H22Cl2N2O/c1-9(2)6-11(8-18)15(20)19-10(3)13-5-4-12(16)7-14(13)17/h4-5,7,9-11H,6,8,18H2,1-3H3,(H,19,20)/t10-,11-/m0/s1. The lowest BCUT2D eigenvalue weighted by Crippen LogP contribution is -2.37. The summed E-state index contributed by atoms with van der Waals surface area (Å²) in [5, 5.41) is 4.10. The van der Waals surface area contributed by atoms with Crippen LogP contribution in [0.5, 0.6) is 0 Å². The minimum atomic E-state index is -0.173. The lowest BCUT2D eigenvalue weighted by molar-refractivity contribution is -0.125. The Morgan fingerprint density at radius 3 is 2.45 bits per heavy atom. The molecular formula is C15H22Cl2N2O. The summed E-state index contributed by atoms with van der Waals surface area (Å²) in [4.78, 5) is 12.2. The fraction of sp³-hybridized carbons (Fsp3) is 0.533. The molecule has 20 heavy (non-hydrogen) atoms. The number of hydrogen-bond donors (Lipinski definition) is 2. The van der Waals surface area contributed by atoms with Gasteiger partial charge < -0.3 is 11.1 Å². The Hall–Kier alpha value is -0.770. The van der Waals surface area contributed by atoms with E-state index < -0.39 is 0 Å². The Kier molecular flexibility index (Phi) is 6.80. The monoisotopic (exact) mass is 316 g/mol. The molecule has 0 saturated heterocycles. The van der Waals surface area contributed by atoms with Gasteiger partial charge >= 0.3 is 0 Å². The minimum absolute atomic E-state index is 0.0280. The largest absolute Gasteiger partial charge is 0.349 e. The number of benzene rings is 1. The lowest BCUT2D eigenvalue weighted by atomic mass is 9.96. The van der Waals surface area contributed by atoms with E-state index in [4.69, 9.17) is 28.9 Å². The molecule has 3 nitrogen and oxygen atoms in total. The van der Waals surface area contributed by atoms with Crippen molar-refractivity contribution in [1.82, 2.24) is 5.32 Å². The molecule has 1 amide bonds. The Balaban J connectivity index is 2.73. The van der Waals surface area contributed by atoms with Crippen LogP contribution >= 0.6 is 23.2 Å². The van der Waals surface area contributed by atoms with Crippen LogP contribution in [-0.4, -0.2) is 12.5 Å². The maximum Gasteiger partial charge on any atom is 0.224 e. The van der Waals surface area contributed by atoms with Gasteiger partial charge in [-0.1, -0.05) is 43.1 Å². The predicted octanol–water partition coefficient (Wildman–Crippen LogP) is 3.79. The van der Waals surface area contributed by atoms with Crippen LogP contribution in [0.15, 0.2) is 18.2 Å². The molecule has 1 aromatic rings. The van der Waals surface area contributed by atoms with Crippen LogP contribution in [0, 0.1) is 11.8 Å². The third-order valence-electron chi connectivity index (χ3n) is 3.20. The van der Waals surface area contributed by atoms with Crippen LogP contribution in [0.1, 0.15) is 38.8 Å². The smallest absolute Gasteiger partial charge is 0.224 e. The van der Waals surface area contributed by atoms with Crippen LogP contribution in [0.3, 0.4) is 0 Å². The molecule has 0 aliphatic heterocycles. The van der Waals surface area contributed by atoms with Gasteiger partial charge in [0.15, 0.2) is 0 Å². The molecule has 112 valence electrons. The van der Waals surface area contributed by atoms with E-state index in [0.29, 0.717) is 22.5 Å². The summed E-state index contributed by atoms with van der Waals surface area (Å²) in [5.41, 5.74) is 6.53. The van der Waals surface area contributed by atoms with E-state index in [1.54, 1.807) is 12.1 Å². The third kappa shape index (κ3) is 4.97. The summed E-state index contributed by atoms with van der Waals surface area (Å²) in [6, 6.07) is 5.10. The molecule has 0 spiro atoms. The van der Waals surface area contributed by atoms with Crippen molar-refractivity contribution in [1.29, 1.82) is 0 Å². The number of carbonyl (C=O) groups excluding carboxylic acids is 1. The number of nitrogens with one attached hydrogen (secondary N) is 1. The van der Waals surface area contributed by atoms with Crippen molar-refractivity contribution in [3.8, 4) is 0 Å². The number of hydrogen-bond acceptors (Lipinski definition) is 2. The maximum atomic E-state index is 12.2. The molecule has 0 radical (unpaired) electrons. The van der Waals surface area contributed by atoms with Crippen molar-refractivity contribution in [2.24, 2.45) is 17.6 Å². The van der Waals surface area contributed by atoms with Gasteiger partial charge in [0.2, 0.25) is 5.91 Å². The van der Waals surface area contributed by atoms with E-state index in [9.17, 15) is 4.79 Å². The van der Waals surface area contributed by atoms with Crippen molar-refractivity contribution in [2.45, 2.75) is 33.2 Å². The zero-order valence-corrected chi connectivity index (χ0v) is 13.6. The van der Waals surface area contributed by atoms with Crippen molar-refractivity contribution in [2.75, 3.05) is 6.54 Å². The van der Waals surface area contributed by atoms with E-state index in [-0.39, 0.29) is 17.9 Å². The van der Waals surface area contributed by atoms with E-state index >= 15 is 0 Å². The number of rotatable bonds is 6. The molecule has 0 heterocycles. The Labute approximate surface area is 130 Å². The van der Waals surface area contributed by atoms with Crippen molar-refractivity contribution in [3.63, 3.8) is 0 Å². The summed E-state index contributed by atoms with van der Waals surface area (Å²) < 4.78 is 0. The molecule has 0 aromatic heterocycles. The number of amides is 1. The highest BCUT2D eigenvalue weighted by Gasteiger charge is 2.21. The van der Waals surface area contributed by atoms with Gasteiger partial charge in [0, 0.05) is 16.6 Å². The van der Waals surface area contributed by atoms with Crippen LogP contribution < -0.4 is 11.1 Å². The summed E-state index contributed by atoms with van der Waals surface area (Å²) in [6.07, 6.45) is 0.781. The van der Waals surface area contributed by atoms with E-state index in [2.05, 4.69) is 19.2 Å². The molecule has 0 aliphatic rings. The van der Waals surface area contributed by atoms with Crippen molar-refractivity contribution in [3.05, 3.63) is 33.8 Å². The van der Waals surface area contributed by atoms with Crippen LogP contribution in [0.2, 0.25) is 10.0 Å². The van der Waals surface area contributed by atoms with Gasteiger partial charge in [-0.2, -0.15) is 0 Å². The third-order valence-corrected chi connectivity index (χ3v) is 3.76. The van der Waals surface area contributed by atoms with Gasteiger partial charge in [0.25, 0.3) is 0 Å². The van der Waals surface area contributed by atoms with Gasteiger partial charge in [-0.05, 0) is 37.0 Å². The highest BCUT2D eigenvalue weighted by Crippen LogP contribution is 2.26. The first-order chi connectivity index (χ1) is 9.35. The fourth-order valence-electron chi connectivity index (χ4n) is 2.14. The molecular weight excluding hydrogens is 295 g/mol. The molecule has 0 aliphatic carbocycles. The van der Waals surface area contributed by atoms with Gasteiger partial charge in [-0.3, -0.25) is 4.79 Å². The Morgan fingerprint density at radius 2 is 1.95 bits per heavy atom. The van der Waals surface area contributed by atoms with Gasteiger partial charge in [-0.25, -0.2) is 0 Å². The molecule has 1 aromatic carbocycles. The quantitative estimate of drug-likeness (QED) is 0.838. The summed E-state index contributed by atoms with van der Waals surface area (Å²) in [5.74, 6) is 0.243. The number of halogens is 2. The van der Waals surface area contributed by atoms with Crippen molar-refractivity contribution >= 4 is 29.1 Å². The fourth-order valence-corrected chi connectivity index (χ4v) is 2.71. The molecule has 0 saturated carbocycles.